The Bertz CT molecular complexity index is 562. The number of rotatable bonds is 6. The zero-order valence-corrected chi connectivity index (χ0v) is 12.5. The summed E-state index contributed by atoms with van der Waals surface area (Å²) in [6, 6.07) is 8.04. The van der Waals surface area contributed by atoms with Crippen molar-refractivity contribution in [3.63, 3.8) is 0 Å². The standard InChI is InChI=1S/C13H16N2O2S2/c1-9(7-11-4-3-10(2)18-11)14-8-12-5-6-13(19-12)15(16)17/h3-6,9,14H,7-8H2,1-2H3. The predicted octanol–water partition coefficient (Wildman–Crippen LogP) is 3.75. The van der Waals surface area contributed by atoms with Gasteiger partial charge in [0.25, 0.3) is 0 Å². The van der Waals surface area contributed by atoms with E-state index in [-0.39, 0.29) is 9.92 Å². The molecule has 2 rings (SSSR count). The van der Waals surface area contributed by atoms with E-state index in [1.165, 1.54) is 21.1 Å². The summed E-state index contributed by atoms with van der Waals surface area (Å²) < 4.78 is 0. The van der Waals surface area contributed by atoms with Crippen molar-refractivity contribution in [3.05, 3.63) is 49.0 Å². The van der Waals surface area contributed by atoms with Crippen LogP contribution in [0.4, 0.5) is 5.00 Å². The molecule has 1 N–H and O–H groups in total. The van der Waals surface area contributed by atoms with Crippen LogP contribution >= 0.6 is 22.7 Å². The fourth-order valence-corrected chi connectivity index (χ4v) is 3.59. The Balaban J connectivity index is 1.82. The van der Waals surface area contributed by atoms with Gasteiger partial charge >= 0.3 is 5.00 Å². The van der Waals surface area contributed by atoms with Gasteiger partial charge in [-0.3, -0.25) is 10.1 Å². The van der Waals surface area contributed by atoms with Crippen molar-refractivity contribution in [2.24, 2.45) is 0 Å². The summed E-state index contributed by atoms with van der Waals surface area (Å²) >= 11 is 3.05. The lowest BCUT2D eigenvalue weighted by atomic mass is 10.2. The van der Waals surface area contributed by atoms with Crippen LogP contribution in [0.3, 0.4) is 0 Å². The van der Waals surface area contributed by atoms with Crippen LogP contribution in [0.5, 0.6) is 0 Å². The first-order valence-corrected chi connectivity index (χ1v) is 7.69. The summed E-state index contributed by atoms with van der Waals surface area (Å²) in [5.41, 5.74) is 0. The average Bonchev–Trinajstić information content (AvgIpc) is 2.96. The minimum Gasteiger partial charge on any atom is -0.309 e. The molecule has 0 aromatic carbocycles. The van der Waals surface area contributed by atoms with E-state index in [9.17, 15) is 10.1 Å². The Hall–Kier alpha value is -1.24. The van der Waals surface area contributed by atoms with Gasteiger partial charge in [0, 0.05) is 33.3 Å². The second-order valence-electron chi connectivity index (χ2n) is 4.50. The van der Waals surface area contributed by atoms with Crippen LogP contribution < -0.4 is 5.32 Å². The molecule has 1 unspecified atom stereocenters. The third-order valence-electron chi connectivity index (χ3n) is 2.76. The molecule has 0 spiro atoms. The highest BCUT2D eigenvalue weighted by Gasteiger charge is 2.10. The lowest BCUT2D eigenvalue weighted by molar-refractivity contribution is -0.380. The highest BCUT2D eigenvalue weighted by Crippen LogP contribution is 2.24. The highest BCUT2D eigenvalue weighted by atomic mass is 32.1. The quantitative estimate of drug-likeness (QED) is 0.652. The van der Waals surface area contributed by atoms with Crippen LogP contribution in [0, 0.1) is 17.0 Å². The minimum absolute atomic E-state index is 0.207. The molecule has 2 aromatic heterocycles. The van der Waals surface area contributed by atoms with Gasteiger partial charge < -0.3 is 5.32 Å². The number of nitrogens with zero attached hydrogens (tertiary/aromatic N) is 1. The monoisotopic (exact) mass is 296 g/mol. The summed E-state index contributed by atoms with van der Waals surface area (Å²) in [4.78, 5) is 14.0. The van der Waals surface area contributed by atoms with E-state index in [0.717, 1.165) is 11.3 Å². The molecule has 1 atom stereocenters. The van der Waals surface area contributed by atoms with E-state index in [4.69, 9.17) is 0 Å². The zero-order valence-electron chi connectivity index (χ0n) is 10.9. The Kier molecular flexibility index (Phi) is 4.68. The van der Waals surface area contributed by atoms with E-state index in [2.05, 4.69) is 31.3 Å². The Labute approximate surface area is 120 Å². The molecule has 6 heteroatoms. The number of hydrogen-bond acceptors (Lipinski definition) is 5. The molecule has 102 valence electrons. The molecule has 0 radical (unpaired) electrons. The first-order chi connectivity index (χ1) is 9.04. The van der Waals surface area contributed by atoms with Crippen LogP contribution in [0.1, 0.15) is 21.6 Å². The van der Waals surface area contributed by atoms with Crippen molar-refractivity contribution in [2.45, 2.75) is 32.9 Å². The average molecular weight is 296 g/mol. The molecule has 0 aliphatic rings. The third-order valence-corrected chi connectivity index (χ3v) is 4.82. The van der Waals surface area contributed by atoms with Gasteiger partial charge in [-0.05, 0) is 38.5 Å². The molecular weight excluding hydrogens is 280 g/mol. The SMILES string of the molecule is Cc1ccc(CC(C)NCc2ccc([N+](=O)[O-])s2)s1. The molecule has 0 amide bonds. The molecule has 2 aromatic rings. The van der Waals surface area contributed by atoms with Crippen molar-refractivity contribution in [1.82, 2.24) is 5.32 Å². The smallest absolute Gasteiger partial charge is 0.309 e. The molecule has 0 aliphatic heterocycles. The molecule has 0 saturated heterocycles. The van der Waals surface area contributed by atoms with E-state index >= 15 is 0 Å². The summed E-state index contributed by atoms with van der Waals surface area (Å²) in [6.45, 7) is 4.93. The first-order valence-electron chi connectivity index (χ1n) is 6.06. The maximum absolute atomic E-state index is 10.6. The second kappa shape index (κ2) is 6.27. The van der Waals surface area contributed by atoms with Gasteiger partial charge in [-0.15, -0.1) is 11.3 Å². The molecule has 0 bridgehead atoms. The third kappa shape index (κ3) is 4.12. The van der Waals surface area contributed by atoms with Crippen LogP contribution in [0.2, 0.25) is 0 Å². The molecule has 2 heterocycles. The van der Waals surface area contributed by atoms with Crippen molar-refractivity contribution >= 4 is 27.7 Å². The van der Waals surface area contributed by atoms with Crippen LogP contribution in [-0.4, -0.2) is 11.0 Å². The second-order valence-corrected chi connectivity index (χ2v) is 7.01. The molecule has 4 nitrogen and oxygen atoms in total. The van der Waals surface area contributed by atoms with Crippen LogP contribution in [0.15, 0.2) is 24.3 Å². The summed E-state index contributed by atoms with van der Waals surface area (Å²) in [6.07, 6.45) is 0.992. The fraction of sp³-hybridized carbons (Fsp3) is 0.385. The fourth-order valence-electron chi connectivity index (χ4n) is 1.80. The van der Waals surface area contributed by atoms with Crippen molar-refractivity contribution in [3.8, 4) is 0 Å². The largest absolute Gasteiger partial charge is 0.324 e. The predicted molar refractivity (Wildman–Crippen MR) is 80.0 cm³/mol. The van der Waals surface area contributed by atoms with Gasteiger partial charge in [0.15, 0.2) is 0 Å². The zero-order chi connectivity index (χ0) is 13.8. The first kappa shape index (κ1) is 14.2. The van der Waals surface area contributed by atoms with Gasteiger partial charge in [-0.1, -0.05) is 11.3 Å². The molecular formula is C13H16N2O2S2. The topological polar surface area (TPSA) is 55.2 Å². The van der Waals surface area contributed by atoms with Gasteiger partial charge in [0.1, 0.15) is 0 Å². The molecule has 0 saturated carbocycles. The minimum atomic E-state index is -0.341. The summed E-state index contributed by atoms with van der Waals surface area (Å²) in [7, 11) is 0. The molecule has 0 fully saturated rings. The normalized spacial score (nSPS) is 12.5. The van der Waals surface area contributed by atoms with Gasteiger partial charge in [-0.25, -0.2) is 0 Å². The van der Waals surface area contributed by atoms with Gasteiger partial charge in [0.05, 0.1) is 4.92 Å². The molecule has 0 aliphatic carbocycles. The summed E-state index contributed by atoms with van der Waals surface area (Å²) in [5.74, 6) is 0. The van der Waals surface area contributed by atoms with E-state index in [1.807, 2.05) is 17.4 Å². The van der Waals surface area contributed by atoms with Crippen LogP contribution in [0.25, 0.3) is 0 Å². The maximum atomic E-state index is 10.6. The van der Waals surface area contributed by atoms with Gasteiger partial charge in [0.2, 0.25) is 0 Å². The summed E-state index contributed by atoms with van der Waals surface area (Å²) in [5, 5.41) is 14.2. The highest BCUT2D eigenvalue weighted by molar-refractivity contribution is 7.15. The lowest BCUT2D eigenvalue weighted by Crippen LogP contribution is -2.26. The number of nitro groups is 1. The van der Waals surface area contributed by atoms with E-state index in [0.29, 0.717) is 12.6 Å². The lowest BCUT2D eigenvalue weighted by Gasteiger charge is -2.11. The van der Waals surface area contributed by atoms with E-state index < -0.39 is 0 Å². The Morgan fingerprint density at radius 3 is 2.58 bits per heavy atom. The van der Waals surface area contributed by atoms with Crippen molar-refractivity contribution < 1.29 is 4.92 Å². The van der Waals surface area contributed by atoms with E-state index in [1.54, 1.807) is 6.07 Å². The Morgan fingerprint density at radius 2 is 2.00 bits per heavy atom. The van der Waals surface area contributed by atoms with Gasteiger partial charge in [-0.2, -0.15) is 0 Å². The number of nitrogens with one attached hydrogen (secondary N) is 1. The van der Waals surface area contributed by atoms with Crippen LogP contribution in [-0.2, 0) is 13.0 Å². The van der Waals surface area contributed by atoms with Crippen molar-refractivity contribution in [2.75, 3.05) is 0 Å². The van der Waals surface area contributed by atoms with Crippen molar-refractivity contribution in [1.29, 1.82) is 0 Å². The Morgan fingerprint density at radius 1 is 1.26 bits per heavy atom. The number of thiophene rings is 2. The number of hydrogen-bond donors (Lipinski definition) is 1. The maximum Gasteiger partial charge on any atom is 0.324 e. The molecule has 19 heavy (non-hydrogen) atoms. The number of aryl methyl sites for hydroxylation is 1.